The van der Waals surface area contributed by atoms with Crippen molar-refractivity contribution in [2.45, 2.75) is 78.6 Å². The average molecular weight is 268 g/mol. The molecule has 0 spiro atoms. The molecular formula is C17H32O2. The predicted molar refractivity (Wildman–Crippen MR) is 82.2 cm³/mol. The first-order chi connectivity index (χ1) is 9.20. The summed E-state index contributed by atoms with van der Waals surface area (Å²) >= 11 is 0. The summed E-state index contributed by atoms with van der Waals surface area (Å²) in [6.45, 7) is 6.84. The Kier molecular flexibility index (Phi) is 13.1. The molecule has 0 radical (unpaired) electrons. The predicted octanol–water partition coefficient (Wildman–Crippen LogP) is 5.27. The first-order valence-electron chi connectivity index (χ1n) is 8.03. The summed E-state index contributed by atoms with van der Waals surface area (Å²) in [4.78, 5) is 11.1. The van der Waals surface area contributed by atoms with Gasteiger partial charge in [0.05, 0.1) is 6.61 Å². The first kappa shape index (κ1) is 18.2. The summed E-state index contributed by atoms with van der Waals surface area (Å²) in [5.41, 5.74) is 0. The Morgan fingerprint density at radius 2 is 1.79 bits per heavy atom. The highest BCUT2D eigenvalue weighted by atomic mass is 16.5. The van der Waals surface area contributed by atoms with Crippen molar-refractivity contribution < 1.29 is 9.53 Å². The van der Waals surface area contributed by atoms with Crippen molar-refractivity contribution in [3.05, 3.63) is 12.2 Å². The van der Waals surface area contributed by atoms with Crippen LogP contribution < -0.4 is 0 Å². The SMILES string of the molecule is CCCCCCCCC(C)/C=C/CCC(=O)OCC. The summed E-state index contributed by atoms with van der Waals surface area (Å²) in [7, 11) is 0. The molecule has 0 fully saturated rings. The second-order valence-corrected chi connectivity index (χ2v) is 5.31. The molecule has 112 valence electrons. The van der Waals surface area contributed by atoms with Crippen molar-refractivity contribution in [1.82, 2.24) is 0 Å². The molecule has 1 atom stereocenters. The molecule has 0 amide bonds. The van der Waals surface area contributed by atoms with Gasteiger partial charge in [0.2, 0.25) is 0 Å². The molecule has 2 heteroatoms. The van der Waals surface area contributed by atoms with E-state index >= 15 is 0 Å². The molecule has 0 aliphatic rings. The summed E-state index contributed by atoms with van der Waals surface area (Å²) in [5, 5.41) is 0. The van der Waals surface area contributed by atoms with E-state index in [1.165, 1.54) is 44.9 Å². The summed E-state index contributed by atoms with van der Waals surface area (Å²) in [5.74, 6) is 0.545. The van der Waals surface area contributed by atoms with Crippen LogP contribution in [0.1, 0.15) is 78.6 Å². The number of hydrogen-bond acceptors (Lipinski definition) is 2. The summed E-state index contributed by atoms with van der Waals surface area (Å²) < 4.78 is 4.89. The van der Waals surface area contributed by atoms with Gasteiger partial charge in [-0.1, -0.05) is 64.5 Å². The molecule has 0 aliphatic carbocycles. The smallest absolute Gasteiger partial charge is 0.306 e. The Morgan fingerprint density at radius 1 is 1.11 bits per heavy atom. The van der Waals surface area contributed by atoms with Crippen molar-refractivity contribution in [1.29, 1.82) is 0 Å². The molecule has 0 aromatic carbocycles. The number of hydrogen-bond donors (Lipinski definition) is 0. The molecule has 2 nitrogen and oxygen atoms in total. The minimum Gasteiger partial charge on any atom is -0.466 e. The fourth-order valence-corrected chi connectivity index (χ4v) is 2.11. The van der Waals surface area contributed by atoms with E-state index in [-0.39, 0.29) is 5.97 Å². The number of esters is 1. The van der Waals surface area contributed by atoms with Gasteiger partial charge in [-0.2, -0.15) is 0 Å². The number of carbonyl (C=O) groups is 1. The van der Waals surface area contributed by atoms with Gasteiger partial charge in [0, 0.05) is 6.42 Å². The summed E-state index contributed by atoms with van der Waals surface area (Å²) in [6.07, 6.45) is 15.1. The number of ether oxygens (including phenoxy) is 1. The van der Waals surface area contributed by atoms with Crippen LogP contribution in [0.5, 0.6) is 0 Å². The Balaban J connectivity index is 3.41. The largest absolute Gasteiger partial charge is 0.466 e. The lowest BCUT2D eigenvalue weighted by Gasteiger charge is -2.06. The van der Waals surface area contributed by atoms with Gasteiger partial charge in [0.1, 0.15) is 0 Å². The third-order valence-corrected chi connectivity index (χ3v) is 3.30. The van der Waals surface area contributed by atoms with Crippen LogP contribution in [0.15, 0.2) is 12.2 Å². The second-order valence-electron chi connectivity index (χ2n) is 5.31. The van der Waals surface area contributed by atoms with Gasteiger partial charge in [0.15, 0.2) is 0 Å². The van der Waals surface area contributed by atoms with E-state index < -0.39 is 0 Å². The van der Waals surface area contributed by atoms with Crippen molar-refractivity contribution in [3.63, 3.8) is 0 Å². The minimum atomic E-state index is -0.0873. The van der Waals surface area contributed by atoms with Crippen molar-refractivity contribution >= 4 is 5.97 Å². The van der Waals surface area contributed by atoms with E-state index in [2.05, 4.69) is 26.0 Å². The van der Waals surface area contributed by atoms with E-state index in [9.17, 15) is 4.79 Å². The molecule has 0 heterocycles. The normalized spacial score (nSPS) is 12.8. The van der Waals surface area contributed by atoms with Crippen LogP contribution in [-0.2, 0) is 9.53 Å². The maximum atomic E-state index is 11.1. The minimum absolute atomic E-state index is 0.0873. The lowest BCUT2D eigenvalue weighted by Crippen LogP contribution is -2.02. The Labute approximate surface area is 119 Å². The molecule has 0 bridgehead atoms. The van der Waals surface area contributed by atoms with E-state index in [0.29, 0.717) is 18.9 Å². The van der Waals surface area contributed by atoms with Crippen LogP contribution in [-0.4, -0.2) is 12.6 Å². The van der Waals surface area contributed by atoms with Crippen molar-refractivity contribution in [3.8, 4) is 0 Å². The molecule has 1 unspecified atom stereocenters. The van der Waals surface area contributed by atoms with E-state index in [0.717, 1.165) is 6.42 Å². The van der Waals surface area contributed by atoms with Gasteiger partial charge < -0.3 is 4.74 Å². The third kappa shape index (κ3) is 13.4. The summed E-state index contributed by atoms with van der Waals surface area (Å²) in [6, 6.07) is 0. The second kappa shape index (κ2) is 13.6. The van der Waals surface area contributed by atoms with Gasteiger partial charge >= 0.3 is 5.97 Å². The van der Waals surface area contributed by atoms with Crippen LogP contribution in [0.3, 0.4) is 0 Å². The van der Waals surface area contributed by atoms with Crippen LogP contribution >= 0.6 is 0 Å². The van der Waals surface area contributed by atoms with Gasteiger partial charge in [0.25, 0.3) is 0 Å². The zero-order valence-corrected chi connectivity index (χ0v) is 13.1. The molecule has 0 aromatic heterocycles. The van der Waals surface area contributed by atoms with Crippen LogP contribution in [0, 0.1) is 5.92 Å². The highest BCUT2D eigenvalue weighted by Gasteiger charge is 2.00. The van der Waals surface area contributed by atoms with Crippen LogP contribution in [0.2, 0.25) is 0 Å². The lowest BCUT2D eigenvalue weighted by molar-refractivity contribution is -0.143. The number of allylic oxidation sites excluding steroid dienone is 2. The van der Waals surface area contributed by atoms with Crippen LogP contribution in [0.25, 0.3) is 0 Å². The zero-order valence-electron chi connectivity index (χ0n) is 13.1. The van der Waals surface area contributed by atoms with Crippen LogP contribution in [0.4, 0.5) is 0 Å². The number of unbranched alkanes of at least 4 members (excludes halogenated alkanes) is 5. The quantitative estimate of drug-likeness (QED) is 0.274. The Morgan fingerprint density at radius 3 is 2.47 bits per heavy atom. The van der Waals surface area contributed by atoms with Gasteiger partial charge in [-0.05, 0) is 25.7 Å². The highest BCUT2D eigenvalue weighted by Crippen LogP contribution is 2.13. The molecule has 0 rings (SSSR count). The average Bonchev–Trinajstić information content (AvgIpc) is 2.39. The third-order valence-electron chi connectivity index (χ3n) is 3.30. The standard InChI is InChI=1S/C17H32O2/c1-4-6-7-8-9-10-13-16(3)14-11-12-15-17(18)19-5-2/h11,14,16H,4-10,12-13,15H2,1-3H3/b14-11+. The monoisotopic (exact) mass is 268 g/mol. The van der Waals surface area contributed by atoms with Crippen molar-refractivity contribution in [2.24, 2.45) is 5.92 Å². The van der Waals surface area contributed by atoms with Crippen molar-refractivity contribution in [2.75, 3.05) is 6.61 Å². The molecule has 0 saturated heterocycles. The topological polar surface area (TPSA) is 26.3 Å². The first-order valence-corrected chi connectivity index (χ1v) is 8.03. The Hall–Kier alpha value is -0.790. The van der Waals surface area contributed by atoms with Gasteiger partial charge in [-0.25, -0.2) is 0 Å². The van der Waals surface area contributed by atoms with E-state index in [1.807, 2.05) is 6.92 Å². The maximum absolute atomic E-state index is 11.1. The molecule has 0 saturated carbocycles. The Bertz CT molecular complexity index is 233. The fraction of sp³-hybridized carbons (Fsp3) is 0.824. The van der Waals surface area contributed by atoms with Gasteiger partial charge in [-0.3, -0.25) is 4.79 Å². The molecular weight excluding hydrogens is 236 g/mol. The fourth-order valence-electron chi connectivity index (χ4n) is 2.11. The number of carbonyl (C=O) groups excluding carboxylic acids is 1. The van der Waals surface area contributed by atoms with E-state index in [4.69, 9.17) is 4.74 Å². The zero-order chi connectivity index (χ0) is 14.3. The molecule has 0 aromatic rings. The number of rotatable bonds is 12. The highest BCUT2D eigenvalue weighted by molar-refractivity contribution is 5.69. The lowest BCUT2D eigenvalue weighted by atomic mass is 10.0. The maximum Gasteiger partial charge on any atom is 0.306 e. The van der Waals surface area contributed by atoms with Gasteiger partial charge in [-0.15, -0.1) is 0 Å². The molecule has 0 aliphatic heterocycles. The molecule has 0 N–H and O–H groups in total. The van der Waals surface area contributed by atoms with E-state index in [1.54, 1.807) is 0 Å². The molecule has 19 heavy (non-hydrogen) atoms.